The summed E-state index contributed by atoms with van der Waals surface area (Å²) in [6.07, 6.45) is 0.672. The lowest BCUT2D eigenvalue weighted by Gasteiger charge is -2.19. The normalized spacial score (nSPS) is 30.4. The van der Waals surface area contributed by atoms with Crippen molar-refractivity contribution in [3.8, 4) is 0 Å². The van der Waals surface area contributed by atoms with E-state index in [0.717, 1.165) is 6.54 Å². The first-order valence-electron chi connectivity index (χ1n) is 3.86. The number of esters is 1. The molecule has 3 N–H and O–H groups in total. The van der Waals surface area contributed by atoms with Crippen molar-refractivity contribution in [2.24, 2.45) is 5.73 Å². The molecular formula is C7H14N2O2. The van der Waals surface area contributed by atoms with Gasteiger partial charge in [0.1, 0.15) is 5.54 Å². The van der Waals surface area contributed by atoms with Gasteiger partial charge < -0.3 is 15.8 Å². The first-order chi connectivity index (χ1) is 5.19. The topological polar surface area (TPSA) is 64.3 Å². The second kappa shape index (κ2) is 3.19. The molecule has 64 valence electrons. The van der Waals surface area contributed by atoms with Crippen LogP contribution in [0.1, 0.15) is 13.3 Å². The minimum atomic E-state index is -0.768. The summed E-state index contributed by atoms with van der Waals surface area (Å²) in [5.41, 5.74) is 4.98. The van der Waals surface area contributed by atoms with E-state index in [0.29, 0.717) is 19.6 Å². The maximum absolute atomic E-state index is 11.2. The molecule has 0 saturated carbocycles. The molecule has 0 radical (unpaired) electrons. The highest BCUT2D eigenvalue weighted by Gasteiger charge is 2.38. The molecule has 1 atom stereocenters. The Morgan fingerprint density at radius 3 is 3.00 bits per heavy atom. The van der Waals surface area contributed by atoms with Crippen LogP contribution in [0.15, 0.2) is 0 Å². The largest absolute Gasteiger partial charge is 0.465 e. The molecule has 1 fully saturated rings. The van der Waals surface area contributed by atoms with Crippen LogP contribution in [0.3, 0.4) is 0 Å². The third-order valence-electron chi connectivity index (χ3n) is 1.87. The highest BCUT2D eigenvalue weighted by atomic mass is 16.5. The van der Waals surface area contributed by atoms with Gasteiger partial charge in [-0.3, -0.25) is 4.79 Å². The zero-order chi connectivity index (χ0) is 8.32. The Hall–Kier alpha value is -0.610. The molecule has 4 heteroatoms. The summed E-state index contributed by atoms with van der Waals surface area (Å²) >= 11 is 0. The molecule has 0 aliphatic carbocycles. The highest BCUT2D eigenvalue weighted by molar-refractivity contribution is 5.81. The predicted molar refractivity (Wildman–Crippen MR) is 41.0 cm³/mol. The maximum atomic E-state index is 11.2. The number of ether oxygens (including phenoxy) is 1. The van der Waals surface area contributed by atoms with E-state index in [2.05, 4.69) is 5.32 Å². The molecule has 0 unspecified atom stereocenters. The van der Waals surface area contributed by atoms with Crippen LogP contribution in [0.4, 0.5) is 0 Å². The van der Waals surface area contributed by atoms with Crippen molar-refractivity contribution < 1.29 is 9.53 Å². The molecule has 0 aromatic heterocycles. The molecule has 0 amide bonds. The average molecular weight is 158 g/mol. The number of nitrogens with two attached hydrogens (primary N) is 1. The van der Waals surface area contributed by atoms with E-state index in [1.54, 1.807) is 6.92 Å². The van der Waals surface area contributed by atoms with E-state index < -0.39 is 5.54 Å². The molecule has 0 aromatic carbocycles. The predicted octanol–water partition coefficient (Wildman–Crippen LogP) is -0.760. The van der Waals surface area contributed by atoms with Crippen LogP contribution in [-0.2, 0) is 9.53 Å². The van der Waals surface area contributed by atoms with Gasteiger partial charge in [-0.1, -0.05) is 0 Å². The van der Waals surface area contributed by atoms with Gasteiger partial charge in [0.15, 0.2) is 0 Å². The SMILES string of the molecule is CCOC(=O)[C@@]1(N)CCNC1. The zero-order valence-electron chi connectivity index (χ0n) is 6.72. The molecular weight excluding hydrogens is 144 g/mol. The van der Waals surface area contributed by atoms with Gasteiger partial charge in [-0.2, -0.15) is 0 Å². The number of hydrogen-bond acceptors (Lipinski definition) is 4. The van der Waals surface area contributed by atoms with Crippen LogP contribution < -0.4 is 11.1 Å². The maximum Gasteiger partial charge on any atom is 0.327 e. The molecule has 11 heavy (non-hydrogen) atoms. The first kappa shape index (κ1) is 8.49. The summed E-state index contributed by atoms with van der Waals surface area (Å²) in [6, 6.07) is 0. The van der Waals surface area contributed by atoms with Crippen LogP contribution in [0.25, 0.3) is 0 Å². The number of nitrogens with one attached hydrogen (secondary N) is 1. The van der Waals surface area contributed by atoms with Gasteiger partial charge in [0.05, 0.1) is 6.61 Å². The minimum absolute atomic E-state index is 0.287. The Morgan fingerprint density at radius 1 is 1.82 bits per heavy atom. The number of carbonyl (C=O) groups is 1. The third kappa shape index (κ3) is 1.70. The van der Waals surface area contributed by atoms with E-state index in [1.807, 2.05) is 0 Å². The van der Waals surface area contributed by atoms with E-state index in [-0.39, 0.29) is 5.97 Å². The fourth-order valence-electron chi connectivity index (χ4n) is 1.16. The summed E-state index contributed by atoms with van der Waals surface area (Å²) in [5, 5.41) is 3.03. The van der Waals surface area contributed by atoms with Crippen molar-refractivity contribution in [1.29, 1.82) is 0 Å². The summed E-state index contributed by atoms with van der Waals surface area (Å²) in [7, 11) is 0. The standard InChI is InChI=1S/C7H14N2O2/c1-2-11-6(10)7(8)3-4-9-5-7/h9H,2-5,8H2,1H3/t7-/m1/s1. The third-order valence-corrected chi connectivity index (χ3v) is 1.87. The molecule has 1 heterocycles. The number of hydrogen-bond donors (Lipinski definition) is 2. The second-order valence-corrected chi connectivity index (χ2v) is 2.80. The van der Waals surface area contributed by atoms with Crippen molar-refractivity contribution >= 4 is 5.97 Å². The van der Waals surface area contributed by atoms with Crippen LogP contribution >= 0.6 is 0 Å². The van der Waals surface area contributed by atoms with Gasteiger partial charge in [-0.15, -0.1) is 0 Å². The van der Waals surface area contributed by atoms with E-state index >= 15 is 0 Å². The smallest absolute Gasteiger partial charge is 0.327 e. The zero-order valence-corrected chi connectivity index (χ0v) is 6.72. The van der Waals surface area contributed by atoms with E-state index in [1.165, 1.54) is 0 Å². The van der Waals surface area contributed by atoms with Gasteiger partial charge in [0.2, 0.25) is 0 Å². The van der Waals surface area contributed by atoms with Crippen molar-refractivity contribution in [2.75, 3.05) is 19.7 Å². The molecule has 1 aliphatic heterocycles. The summed E-state index contributed by atoms with van der Waals surface area (Å²) in [6.45, 7) is 3.52. The van der Waals surface area contributed by atoms with Crippen LogP contribution in [0.5, 0.6) is 0 Å². The van der Waals surface area contributed by atoms with E-state index in [9.17, 15) is 4.79 Å². The fraction of sp³-hybridized carbons (Fsp3) is 0.857. The van der Waals surface area contributed by atoms with Crippen LogP contribution in [0, 0.1) is 0 Å². The lowest BCUT2D eigenvalue weighted by molar-refractivity contribution is -0.148. The van der Waals surface area contributed by atoms with Crippen molar-refractivity contribution in [3.63, 3.8) is 0 Å². The Kier molecular flexibility index (Phi) is 2.46. The van der Waals surface area contributed by atoms with Gasteiger partial charge in [0, 0.05) is 6.54 Å². The summed E-state index contributed by atoms with van der Waals surface area (Å²) < 4.78 is 4.82. The fourth-order valence-corrected chi connectivity index (χ4v) is 1.16. The molecule has 4 nitrogen and oxygen atoms in total. The minimum Gasteiger partial charge on any atom is -0.465 e. The molecule has 1 saturated heterocycles. The number of carbonyl (C=O) groups excluding carboxylic acids is 1. The Labute approximate surface area is 66.1 Å². The highest BCUT2D eigenvalue weighted by Crippen LogP contribution is 2.12. The molecule has 1 aliphatic rings. The van der Waals surface area contributed by atoms with Gasteiger partial charge >= 0.3 is 5.97 Å². The van der Waals surface area contributed by atoms with Crippen molar-refractivity contribution in [2.45, 2.75) is 18.9 Å². The average Bonchev–Trinajstić information content (AvgIpc) is 2.38. The molecule has 0 spiro atoms. The molecule has 1 rings (SSSR count). The molecule has 0 bridgehead atoms. The second-order valence-electron chi connectivity index (χ2n) is 2.80. The number of rotatable bonds is 2. The van der Waals surface area contributed by atoms with E-state index in [4.69, 9.17) is 10.5 Å². The molecule has 0 aromatic rings. The van der Waals surface area contributed by atoms with Crippen LogP contribution in [-0.4, -0.2) is 31.2 Å². The van der Waals surface area contributed by atoms with Gasteiger partial charge in [-0.25, -0.2) is 0 Å². The Balaban J connectivity index is 2.49. The summed E-state index contributed by atoms with van der Waals surface area (Å²) in [4.78, 5) is 11.2. The Bertz CT molecular complexity index is 153. The van der Waals surface area contributed by atoms with Gasteiger partial charge in [0.25, 0.3) is 0 Å². The van der Waals surface area contributed by atoms with Crippen molar-refractivity contribution in [1.82, 2.24) is 5.32 Å². The quantitative estimate of drug-likeness (QED) is 0.518. The monoisotopic (exact) mass is 158 g/mol. The lowest BCUT2D eigenvalue weighted by atomic mass is 10.0. The summed E-state index contributed by atoms with van der Waals surface area (Å²) in [5.74, 6) is -0.287. The lowest BCUT2D eigenvalue weighted by Crippen LogP contribution is -2.50. The van der Waals surface area contributed by atoms with Crippen molar-refractivity contribution in [3.05, 3.63) is 0 Å². The van der Waals surface area contributed by atoms with Crippen LogP contribution in [0.2, 0.25) is 0 Å². The first-order valence-corrected chi connectivity index (χ1v) is 3.86. The van der Waals surface area contributed by atoms with Gasteiger partial charge in [-0.05, 0) is 19.9 Å². The Morgan fingerprint density at radius 2 is 2.55 bits per heavy atom.